The minimum absolute atomic E-state index is 0.183. The van der Waals surface area contributed by atoms with Crippen molar-refractivity contribution in [2.75, 3.05) is 0 Å². The molecule has 0 saturated carbocycles. The minimum atomic E-state index is -4.36. The summed E-state index contributed by atoms with van der Waals surface area (Å²) in [4.78, 5) is 2.93. The first-order chi connectivity index (χ1) is 5.82. The molecule has 0 spiro atoms. The van der Waals surface area contributed by atoms with Gasteiger partial charge in [0.25, 0.3) is 0 Å². The summed E-state index contributed by atoms with van der Waals surface area (Å²) in [6, 6.07) is -0.475. The highest BCUT2D eigenvalue weighted by Crippen LogP contribution is 2.39. The van der Waals surface area contributed by atoms with Crippen LogP contribution in [0.2, 0.25) is 0 Å². The molecule has 13 heavy (non-hydrogen) atoms. The fraction of sp³-hybridized carbons (Fsp3) is 0.500. The number of hydrogen-bond acceptors (Lipinski definition) is 3. The first kappa shape index (κ1) is 10.9. The Morgan fingerprint density at radius 2 is 2.08 bits per heavy atom. The van der Waals surface area contributed by atoms with Crippen molar-refractivity contribution < 1.29 is 13.2 Å². The van der Waals surface area contributed by atoms with E-state index >= 15 is 0 Å². The van der Waals surface area contributed by atoms with E-state index in [0.717, 1.165) is 0 Å². The molecule has 1 atom stereocenters. The van der Waals surface area contributed by atoms with Gasteiger partial charge in [-0.2, -0.15) is 13.2 Å². The Kier molecular flexibility index (Phi) is 2.98. The van der Waals surface area contributed by atoms with Crippen LogP contribution >= 0.6 is 27.3 Å². The van der Waals surface area contributed by atoms with E-state index < -0.39 is 17.1 Å². The lowest BCUT2D eigenvalue weighted by molar-refractivity contribution is -0.135. The molecule has 0 aliphatic rings. The van der Waals surface area contributed by atoms with Crippen molar-refractivity contribution in [3.05, 3.63) is 14.5 Å². The van der Waals surface area contributed by atoms with E-state index in [1.54, 1.807) is 6.92 Å². The topological polar surface area (TPSA) is 38.9 Å². The first-order valence-corrected chi connectivity index (χ1v) is 4.92. The van der Waals surface area contributed by atoms with Crippen molar-refractivity contribution in [3.8, 4) is 0 Å². The average molecular weight is 275 g/mol. The SMILES string of the molecule is CC(N)c1nc(Br)c(C(F)(F)F)s1. The lowest BCUT2D eigenvalue weighted by atomic mass is 10.4. The molecule has 7 heteroatoms. The van der Waals surface area contributed by atoms with Gasteiger partial charge in [0.15, 0.2) is 0 Å². The number of hydrogen-bond donors (Lipinski definition) is 1. The second kappa shape index (κ2) is 3.55. The molecule has 1 aromatic rings. The Balaban J connectivity index is 3.11. The average Bonchev–Trinajstić information content (AvgIpc) is 2.29. The molecule has 0 amide bonds. The fourth-order valence-electron chi connectivity index (χ4n) is 0.687. The fourth-order valence-corrected chi connectivity index (χ4v) is 2.24. The maximum absolute atomic E-state index is 12.2. The molecule has 0 saturated heterocycles. The van der Waals surface area contributed by atoms with Crippen LogP contribution in [-0.4, -0.2) is 4.98 Å². The monoisotopic (exact) mass is 274 g/mol. The molecule has 0 aliphatic carbocycles. The van der Waals surface area contributed by atoms with Crippen LogP contribution in [0.25, 0.3) is 0 Å². The summed E-state index contributed by atoms with van der Waals surface area (Å²) in [5, 5.41) is 0.277. The number of halogens is 4. The second-order valence-corrected chi connectivity index (χ2v) is 4.24. The summed E-state index contributed by atoms with van der Waals surface area (Å²) >= 11 is 3.31. The van der Waals surface area contributed by atoms with Gasteiger partial charge < -0.3 is 5.73 Å². The Morgan fingerprint density at radius 1 is 1.54 bits per heavy atom. The van der Waals surface area contributed by atoms with Crippen molar-refractivity contribution in [2.24, 2.45) is 5.73 Å². The zero-order valence-electron chi connectivity index (χ0n) is 6.52. The first-order valence-electron chi connectivity index (χ1n) is 3.31. The van der Waals surface area contributed by atoms with Gasteiger partial charge >= 0.3 is 6.18 Å². The van der Waals surface area contributed by atoms with Gasteiger partial charge in [0.1, 0.15) is 14.5 Å². The van der Waals surface area contributed by atoms with Crippen molar-refractivity contribution >= 4 is 27.3 Å². The Morgan fingerprint density at radius 3 is 2.31 bits per heavy atom. The van der Waals surface area contributed by atoms with Crippen molar-refractivity contribution in [1.29, 1.82) is 0 Å². The number of thiazole rings is 1. The zero-order chi connectivity index (χ0) is 10.2. The van der Waals surface area contributed by atoms with Gasteiger partial charge in [-0.1, -0.05) is 0 Å². The molecule has 0 fully saturated rings. The van der Waals surface area contributed by atoms with Crippen LogP contribution in [0, 0.1) is 0 Å². The van der Waals surface area contributed by atoms with Crippen LogP contribution in [0.1, 0.15) is 22.9 Å². The third-order valence-electron chi connectivity index (χ3n) is 1.25. The molecule has 74 valence electrons. The number of nitrogens with zero attached hydrogens (tertiary/aromatic N) is 1. The second-order valence-electron chi connectivity index (χ2n) is 2.46. The van der Waals surface area contributed by atoms with Crippen LogP contribution in [-0.2, 0) is 6.18 Å². The largest absolute Gasteiger partial charge is 0.428 e. The molecule has 1 rings (SSSR count). The van der Waals surface area contributed by atoms with E-state index in [4.69, 9.17) is 5.73 Å². The van der Waals surface area contributed by atoms with Gasteiger partial charge in [0, 0.05) is 0 Å². The van der Waals surface area contributed by atoms with Gasteiger partial charge in [0.05, 0.1) is 6.04 Å². The van der Waals surface area contributed by atoms with E-state index in [-0.39, 0.29) is 9.61 Å². The molecule has 0 aliphatic heterocycles. The van der Waals surface area contributed by atoms with E-state index in [2.05, 4.69) is 20.9 Å². The molecular formula is C6H6BrF3N2S. The quantitative estimate of drug-likeness (QED) is 0.855. The maximum atomic E-state index is 12.2. The van der Waals surface area contributed by atoms with E-state index in [1.165, 1.54) is 0 Å². The molecule has 2 N–H and O–H groups in total. The van der Waals surface area contributed by atoms with Gasteiger partial charge in [-0.25, -0.2) is 4.98 Å². The molecule has 1 heterocycles. The number of rotatable bonds is 1. The van der Waals surface area contributed by atoms with Crippen LogP contribution in [0.15, 0.2) is 4.60 Å². The van der Waals surface area contributed by atoms with Crippen molar-refractivity contribution in [3.63, 3.8) is 0 Å². The molecule has 2 nitrogen and oxygen atoms in total. The predicted molar refractivity (Wildman–Crippen MR) is 47.4 cm³/mol. The minimum Gasteiger partial charge on any atom is -0.322 e. The number of aromatic nitrogens is 1. The summed E-state index contributed by atoms with van der Waals surface area (Å²) in [5.41, 5.74) is 5.40. The van der Waals surface area contributed by atoms with Crippen LogP contribution in [0.4, 0.5) is 13.2 Å². The van der Waals surface area contributed by atoms with E-state index in [0.29, 0.717) is 11.3 Å². The highest BCUT2D eigenvalue weighted by molar-refractivity contribution is 9.10. The Labute approximate surface area is 85.1 Å². The maximum Gasteiger partial charge on any atom is 0.428 e. The van der Waals surface area contributed by atoms with Gasteiger partial charge in [0.2, 0.25) is 0 Å². The Bertz CT molecular complexity index is 307. The summed E-state index contributed by atoms with van der Waals surface area (Å²) in [6.07, 6.45) is -4.36. The summed E-state index contributed by atoms with van der Waals surface area (Å²) < 4.78 is 36.5. The smallest absolute Gasteiger partial charge is 0.322 e. The van der Waals surface area contributed by atoms with Crippen LogP contribution in [0.3, 0.4) is 0 Å². The van der Waals surface area contributed by atoms with Gasteiger partial charge in [-0.3, -0.25) is 0 Å². The molecule has 1 unspecified atom stereocenters. The Hall–Kier alpha value is -0.140. The van der Waals surface area contributed by atoms with Crippen molar-refractivity contribution in [2.45, 2.75) is 19.1 Å². The lowest BCUT2D eigenvalue weighted by Gasteiger charge is -2.01. The molecular weight excluding hydrogens is 269 g/mol. The highest BCUT2D eigenvalue weighted by atomic mass is 79.9. The van der Waals surface area contributed by atoms with Gasteiger partial charge in [-0.05, 0) is 22.9 Å². The lowest BCUT2D eigenvalue weighted by Crippen LogP contribution is -2.03. The number of alkyl halides is 3. The van der Waals surface area contributed by atoms with Crippen LogP contribution < -0.4 is 5.73 Å². The molecule has 0 aromatic carbocycles. The molecule has 0 radical (unpaired) electrons. The standard InChI is InChI=1S/C6H6BrF3N2S/c1-2(11)5-12-4(7)3(13-5)6(8,9)10/h2H,11H2,1H3. The molecule has 1 aromatic heterocycles. The summed E-state index contributed by atoms with van der Waals surface area (Å²) in [5.74, 6) is 0. The van der Waals surface area contributed by atoms with Crippen molar-refractivity contribution in [1.82, 2.24) is 4.98 Å². The van der Waals surface area contributed by atoms with E-state index in [1.807, 2.05) is 0 Å². The molecule has 0 bridgehead atoms. The van der Waals surface area contributed by atoms with E-state index in [9.17, 15) is 13.2 Å². The summed E-state index contributed by atoms with van der Waals surface area (Å²) in [6.45, 7) is 1.59. The van der Waals surface area contributed by atoms with Gasteiger partial charge in [-0.15, -0.1) is 11.3 Å². The third kappa shape index (κ3) is 2.41. The predicted octanol–water partition coefficient (Wildman–Crippen LogP) is 2.94. The highest BCUT2D eigenvalue weighted by Gasteiger charge is 2.36. The van der Waals surface area contributed by atoms with Crippen LogP contribution in [0.5, 0.6) is 0 Å². The number of nitrogens with two attached hydrogens (primary N) is 1. The zero-order valence-corrected chi connectivity index (χ0v) is 8.92. The third-order valence-corrected chi connectivity index (χ3v) is 3.39. The normalized spacial score (nSPS) is 14.6. The summed E-state index contributed by atoms with van der Waals surface area (Å²) in [7, 11) is 0.